The molecular weight excluding hydrogens is 690 g/mol. The van der Waals surface area contributed by atoms with Crippen LogP contribution >= 0.6 is 11.6 Å². The number of ether oxygens (including phenoxy) is 4. The van der Waals surface area contributed by atoms with E-state index in [1.807, 2.05) is 44.2 Å². The smallest absolute Gasteiger partial charge is 0.347 e. The minimum atomic E-state index is -1.25. The van der Waals surface area contributed by atoms with Gasteiger partial charge in [0, 0.05) is 31.7 Å². The highest BCUT2D eigenvalue weighted by molar-refractivity contribution is 6.32. The van der Waals surface area contributed by atoms with Gasteiger partial charge < -0.3 is 34.9 Å². The summed E-state index contributed by atoms with van der Waals surface area (Å²) >= 11 is 6.34. The zero-order valence-corrected chi connectivity index (χ0v) is 31.8. The van der Waals surface area contributed by atoms with Crippen LogP contribution in [0.15, 0.2) is 60.7 Å². The van der Waals surface area contributed by atoms with Crippen molar-refractivity contribution >= 4 is 41.3 Å². The number of esters is 3. The number of nitrogens with one attached hydrogen (secondary N) is 3. The van der Waals surface area contributed by atoms with Crippen LogP contribution in [0.3, 0.4) is 0 Å². The van der Waals surface area contributed by atoms with Gasteiger partial charge in [-0.05, 0) is 62.6 Å². The summed E-state index contributed by atoms with van der Waals surface area (Å²) in [6, 6.07) is 13.5. The van der Waals surface area contributed by atoms with Crippen molar-refractivity contribution in [2.75, 3.05) is 27.2 Å². The van der Waals surface area contributed by atoms with E-state index in [2.05, 4.69) is 16.0 Å². The molecule has 0 aromatic heterocycles. The quantitative estimate of drug-likeness (QED) is 0.211. The van der Waals surface area contributed by atoms with E-state index in [1.165, 1.54) is 19.3 Å². The Kier molecular flexibility index (Phi) is 16.1. The molecule has 3 rings (SSSR count). The van der Waals surface area contributed by atoms with E-state index in [-0.39, 0.29) is 38.3 Å². The topological polar surface area (TPSA) is 158 Å². The number of hydrogen-bond donors (Lipinski definition) is 3. The maximum Gasteiger partial charge on any atom is 0.347 e. The molecule has 52 heavy (non-hydrogen) atoms. The molecule has 1 aliphatic rings. The molecule has 284 valence electrons. The van der Waals surface area contributed by atoms with E-state index in [1.54, 1.807) is 46.0 Å². The summed E-state index contributed by atoms with van der Waals surface area (Å²) < 4.78 is 23.0. The number of halogens is 1. The molecule has 5 atom stereocenters. The number of hydrogen-bond acceptors (Lipinski definition) is 10. The van der Waals surface area contributed by atoms with Gasteiger partial charge in [0.2, 0.25) is 11.8 Å². The van der Waals surface area contributed by atoms with Crippen LogP contribution in [0.4, 0.5) is 0 Å². The molecule has 2 aromatic rings. The minimum absolute atomic E-state index is 0.0256. The fourth-order valence-electron chi connectivity index (χ4n) is 5.59. The van der Waals surface area contributed by atoms with Crippen LogP contribution in [0, 0.1) is 17.3 Å². The third kappa shape index (κ3) is 13.0. The van der Waals surface area contributed by atoms with E-state index < -0.39 is 65.4 Å². The summed E-state index contributed by atoms with van der Waals surface area (Å²) in [7, 11) is 3.13. The molecule has 0 aliphatic carbocycles. The predicted octanol–water partition coefficient (Wildman–Crippen LogP) is 4.36. The van der Waals surface area contributed by atoms with Crippen molar-refractivity contribution in [1.29, 1.82) is 0 Å². The Morgan fingerprint density at radius 2 is 1.75 bits per heavy atom. The molecule has 0 fully saturated rings. The number of cyclic esters (lactones) is 2. The summed E-state index contributed by atoms with van der Waals surface area (Å²) in [6.45, 7) is 8.60. The third-order valence-electron chi connectivity index (χ3n) is 8.71. The number of benzene rings is 2. The average molecular weight is 742 g/mol. The van der Waals surface area contributed by atoms with Gasteiger partial charge in [0.25, 0.3) is 0 Å². The second kappa shape index (κ2) is 20.0. The Bertz CT molecular complexity index is 1560. The number of amides is 2. The number of rotatable bonds is 12. The minimum Gasteiger partial charge on any atom is -0.495 e. The Balaban J connectivity index is 2.01. The first-order valence-corrected chi connectivity index (χ1v) is 17.9. The highest BCUT2D eigenvalue weighted by atomic mass is 35.5. The van der Waals surface area contributed by atoms with Crippen LogP contribution in [0.1, 0.15) is 58.6 Å². The van der Waals surface area contributed by atoms with Gasteiger partial charge in [-0.2, -0.15) is 0 Å². The maximum atomic E-state index is 13.8. The molecule has 2 aromatic carbocycles. The fraction of sp³-hybridized carbons (Fsp3) is 0.513. The van der Waals surface area contributed by atoms with Gasteiger partial charge in [-0.1, -0.05) is 74.8 Å². The van der Waals surface area contributed by atoms with Crippen LogP contribution < -0.4 is 20.7 Å². The van der Waals surface area contributed by atoms with E-state index in [4.69, 9.17) is 30.5 Å². The largest absolute Gasteiger partial charge is 0.495 e. The second-order valence-electron chi connectivity index (χ2n) is 14.1. The van der Waals surface area contributed by atoms with E-state index in [9.17, 15) is 24.0 Å². The van der Waals surface area contributed by atoms with Crippen molar-refractivity contribution in [2.45, 2.75) is 84.7 Å². The molecule has 12 nitrogen and oxygen atoms in total. The molecular formula is C39H52ClN3O9. The average Bonchev–Trinajstić information content (AvgIpc) is 3.09. The lowest BCUT2D eigenvalue weighted by molar-refractivity contribution is -0.181. The summed E-state index contributed by atoms with van der Waals surface area (Å²) in [5.41, 5.74) is 0.315. The van der Waals surface area contributed by atoms with Crippen molar-refractivity contribution in [3.63, 3.8) is 0 Å². The van der Waals surface area contributed by atoms with E-state index >= 15 is 0 Å². The first-order valence-electron chi connectivity index (χ1n) is 17.5. The summed E-state index contributed by atoms with van der Waals surface area (Å²) in [5, 5.41) is 8.65. The van der Waals surface area contributed by atoms with Gasteiger partial charge in [0.1, 0.15) is 24.0 Å². The molecule has 2 amide bonds. The Morgan fingerprint density at radius 1 is 1.04 bits per heavy atom. The lowest BCUT2D eigenvalue weighted by Gasteiger charge is -2.32. The van der Waals surface area contributed by atoms with Gasteiger partial charge in [-0.25, -0.2) is 4.79 Å². The Morgan fingerprint density at radius 3 is 2.38 bits per heavy atom. The van der Waals surface area contributed by atoms with Crippen molar-refractivity contribution in [1.82, 2.24) is 16.0 Å². The van der Waals surface area contributed by atoms with Gasteiger partial charge >= 0.3 is 17.9 Å². The summed E-state index contributed by atoms with van der Waals surface area (Å²) in [5.74, 6) is -3.20. The molecule has 1 heterocycles. The first-order chi connectivity index (χ1) is 24.6. The summed E-state index contributed by atoms with van der Waals surface area (Å²) in [6.07, 6.45) is 0.603. The van der Waals surface area contributed by atoms with Gasteiger partial charge in [-0.3, -0.25) is 19.2 Å². The van der Waals surface area contributed by atoms with Gasteiger partial charge in [0.05, 0.1) is 24.1 Å². The molecule has 0 saturated heterocycles. The third-order valence-corrected chi connectivity index (χ3v) is 9.00. The number of methoxy groups -OCH3 is 1. The zero-order chi connectivity index (χ0) is 38.4. The highest BCUT2D eigenvalue weighted by Gasteiger charge is 2.38. The maximum absolute atomic E-state index is 13.8. The van der Waals surface area contributed by atoms with Crippen molar-refractivity contribution < 1.29 is 42.9 Å². The second-order valence-corrected chi connectivity index (χ2v) is 14.5. The van der Waals surface area contributed by atoms with Crippen LogP contribution in [0.25, 0.3) is 0 Å². The zero-order valence-electron chi connectivity index (χ0n) is 31.0. The monoisotopic (exact) mass is 741 g/mol. The lowest BCUT2D eigenvalue weighted by atomic mass is 9.90. The number of carbonyl (C=O) groups is 5. The first kappa shape index (κ1) is 42.0. The van der Waals surface area contributed by atoms with Crippen molar-refractivity contribution in [3.8, 4) is 5.75 Å². The molecule has 0 bridgehead atoms. The van der Waals surface area contributed by atoms with Crippen LogP contribution in [-0.4, -0.2) is 81.3 Å². The molecule has 1 aliphatic heterocycles. The molecule has 3 N–H and O–H groups in total. The normalized spacial score (nSPS) is 21.9. The Labute approximate surface area is 311 Å². The van der Waals surface area contributed by atoms with Crippen LogP contribution in [-0.2, 0) is 51.0 Å². The van der Waals surface area contributed by atoms with E-state index in [0.29, 0.717) is 22.8 Å². The lowest BCUT2D eigenvalue weighted by Crippen LogP contribution is -2.51. The van der Waals surface area contributed by atoms with Gasteiger partial charge in [0.15, 0.2) is 6.10 Å². The molecule has 13 heteroatoms. The molecule has 0 unspecified atom stereocenters. The van der Waals surface area contributed by atoms with Crippen LogP contribution in [0.5, 0.6) is 5.75 Å². The molecule has 0 radical (unpaired) electrons. The standard InChI is InChI=1S/C39H52ClN3O9/c1-24(2)18-33-37(47)51-30(25(3)32(50-35(45)22-41-6)21-26-12-9-8-10-13-26)14-11-15-34(44)43-29(20-27-16-17-31(49-7)28(40)19-27)36(46)42-23-39(4,5)38(48)52-33/h8-13,15-17,19,24-25,29-30,32-33,41H,14,18,20-23H2,1-7H3,(H,42,46)(H,43,44)/b15-11+/t25-,29+,30-,32-,33-/m0/s1. The Hall–Kier alpha value is -4.42. The highest BCUT2D eigenvalue weighted by Crippen LogP contribution is 2.27. The number of carbonyl (C=O) groups excluding carboxylic acids is 5. The van der Waals surface area contributed by atoms with Gasteiger partial charge in [-0.15, -0.1) is 0 Å². The molecule has 0 saturated carbocycles. The summed E-state index contributed by atoms with van der Waals surface area (Å²) in [4.78, 5) is 66.9. The van der Waals surface area contributed by atoms with Crippen molar-refractivity contribution in [2.24, 2.45) is 17.3 Å². The SMILES string of the molecule is CNCC(=O)O[C@@H](Cc1ccccc1)[C@@H](C)[C@@H]1C/C=C/C(=O)N[C@H](Cc2ccc(OC)c(Cl)c2)C(=O)NCC(C)(C)C(=O)O[C@@H](CC(C)C)C(=O)O1. The van der Waals surface area contributed by atoms with Crippen LogP contribution in [0.2, 0.25) is 5.02 Å². The molecule has 0 spiro atoms. The van der Waals surface area contributed by atoms with Crippen molar-refractivity contribution in [3.05, 3.63) is 76.8 Å². The predicted molar refractivity (Wildman–Crippen MR) is 197 cm³/mol. The number of likely N-dealkylation sites (N-methyl/N-ethyl adjacent to an activating group) is 1. The van der Waals surface area contributed by atoms with E-state index in [0.717, 1.165) is 5.56 Å². The fourth-order valence-corrected chi connectivity index (χ4v) is 5.87.